The van der Waals surface area contributed by atoms with Crippen molar-refractivity contribution in [2.45, 2.75) is 20.3 Å². The highest BCUT2D eigenvalue weighted by molar-refractivity contribution is 5.18. The van der Waals surface area contributed by atoms with Gasteiger partial charge in [-0.05, 0) is 40.1 Å². The van der Waals surface area contributed by atoms with Crippen LogP contribution in [0.3, 0.4) is 0 Å². The van der Waals surface area contributed by atoms with E-state index in [4.69, 9.17) is 10.00 Å². The summed E-state index contributed by atoms with van der Waals surface area (Å²) in [6, 6.07) is 2.10. The van der Waals surface area contributed by atoms with Crippen molar-refractivity contribution in [1.29, 1.82) is 5.26 Å². The van der Waals surface area contributed by atoms with Crippen LogP contribution >= 0.6 is 0 Å². The zero-order valence-electron chi connectivity index (χ0n) is 9.37. The summed E-state index contributed by atoms with van der Waals surface area (Å²) in [5.74, 6) is 0.812. The molecule has 0 amide bonds. The Morgan fingerprint density at radius 2 is 2.14 bits per heavy atom. The zero-order chi connectivity index (χ0) is 11.0. The molecule has 0 N–H and O–H groups in total. The van der Waals surface area contributed by atoms with Gasteiger partial charge in [-0.3, -0.25) is 4.90 Å². The molecule has 0 aliphatic carbocycles. The third-order valence-corrected chi connectivity index (χ3v) is 1.52. The lowest BCUT2D eigenvalue weighted by Gasteiger charge is -2.12. The molecule has 0 heterocycles. The minimum absolute atomic E-state index is 0.447. The molecule has 0 atom stereocenters. The van der Waals surface area contributed by atoms with Gasteiger partial charge in [0.1, 0.15) is 12.5 Å². The van der Waals surface area contributed by atoms with Crippen molar-refractivity contribution >= 4 is 0 Å². The van der Waals surface area contributed by atoms with Crippen molar-refractivity contribution in [2.24, 2.45) is 0 Å². The normalized spacial score (nSPS) is 12.9. The number of rotatable bonds is 5. The molecule has 0 aromatic heterocycles. The monoisotopic (exact) mass is 194 g/mol. The molecule has 0 saturated carbocycles. The summed E-state index contributed by atoms with van der Waals surface area (Å²) in [5.41, 5.74) is 1.01. The quantitative estimate of drug-likeness (QED) is 0.383. The fourth-order valence-electron chi connectivity index (χ4n) is 0.831. The Labute approximate surface area is 86.3 Å². The molecule has 0 aromatic carbocycles. The van der Waals surface area contributed by atoms with Gasteiger partial charge < -0.3 is 4.74 Å². The highest BCUT2D eigenvalue weighted by Gasteiger charge is 1.95. The Balaban J connectivity index is 4.18. The highest BCUT2D eigenvalue weighted by Crippen LogP contribution is 2.07. The van der Waals surface area contributed by atoms with E-state index in [1.807, 2.05) is 45.0 Å². The van der Waals surface area contributed by atoms with Gasteiger partial charge in [0.25, 0.3) is 0 Å². The molecular formula is C11H18N2O. The number of ether oxygens (including phenoxy) is 1. The van der Waals surface area contributed by atoms with Gasteiger partial charge in [-0.25, -0.2) is 0 Å². The third kappa shape index (κ3) is 6.27. The smallest absolute Gasteiger partial charge is 0.141 e. The Kier molecular flexibility index (Phi) is 6.51. The van der Waals surface area contributed by atoms with Crippen molar-refractivity contribution in [2.75, 3.05) is 20.8 Å². The van der Waals surface area contributed by atoms with Gasteiger partial charge in [0.15, 0.2) is 0 Å². The fourth-order valence-corrected chi connectivity index (χ4v) is 0.831. The molecule has 0 spiro atoms. The molecular weight excluding hydrogens is 176 g/mol. The summed E-state index contributed by atoms with van der Waals surface area (Å²) in [7, 11) is 3.89. The molecule has 0 saturated heterocycles. The predicted octanol–water partition coefficient (Wildman–Crippen LogP) is 2.29. The van der Waals surface area contributed by atoms with Crippen molar-refractivity contribution in [3.05, 3.63) is 23.5 Å². The summed E-state index contributed by atoms with van der Waals surface area (Å²) in [6.45, 7) is 4.39. The van der Waals surface area contributed by atoms with Crippen LogP contribution in [0.4, 0.5) is 0 Å². The first kappa shape index (κ1) is 12.7. The topological polar surface area (TPSA) is 36.3 Å². The van der Waals surface area contributed by atoms with Crippen molar-refractivity contribution in [3.8, 4) is 6.07 Å². The number of hydrogen-bond donors (Lipinski definition) is 0. The lowest BCUT2D eigenvalue weighted by molar-refractivity contribution is 0.117. The molecule has 0 radical (unpaired) electrons. The van der Waals surface area contributed by atoms with Gasteiger partial charge in [-0.1, -0.05) is 5.57 Å². The number of allylic oxidation sites excluding steroid dienone is 3. The van der Waals surface area contributed by atoms with Crippen LogP contribution in [0.1, 0.15) is 20.3 Å². The van der Waals surface area contributed by atoms with Crippen LogP contribution in [0.5, 0.6) is 0 Å². The molecule has 3 nitrogen and oxygen atoms in total. The molecule has 0 aliphatic rings. The first-order valence-corrected chi connectivity index (χ1v) is 4.58. The van der Waals surface area contributed by atoms with E-state index in [1.54, 1.807) is 0 Å². The molecule has 0 fully saturated rings. The summed E-state index contributed by atoms with van der Waals surface area (Å²) >= 11 is 0. The van der Waals surface area contributed by atoms with Crippen LogP contribution in [0.25, 0.3) is 0 Å². The van der Waals surface area contributed by atoms with E-state index in [1.165, 1.54) is 0 Å². The number of nitrogens with zero attached hydrogens (tertiary/aromatic N) is 2. The average molecular weight is 194 g/mol. The van der Waals surface area contributed by atoms with Gasteiger partial charge in [0, 0.05) is 0 Å². The van der Waals surface area contributed by atoms with E-state index in [0.29, 0.717) is 13.2 Å². The van der Waals surface area contributed by atoms with Gasteiger partial charge >= 0.3 is 0 Å². The molecule has 78 valence electrons. The second-order valence-electron chi connectivity index (χ2n) is 3.37. The third-order valence-electron chi connectivity index (χ3n) is 1.52. The lowest BCUT2D eigenvalue weighted by atomic mass is 10.2. The number of nitriles is 1. The van der Waals surface area contributed by atoms with Crippen LogP contribution < -0.4 is 0 Å². The van der Waals surface area contributed by atoms with Gasteiger partial charge in [0.2, 0.25) is 0 Å². The Hall–Kier alpha value is -1.27. The second-order valence-corrected chi connectivity index (χ2v) is 3.37. The summed E-state index contributed by atoms with van der Waals surface area (Å²) < 4.78 is 5.47. The minimum Gasteiger partial charge on any atom is -0.479 e. The molecule has 0 aliphatic heterocycles. The standard InChI is InChI=1S/C11H18N2O/c1-5-11(14-9-13(3)4)8-10(2)6-7-12/h5,8H,6,9H2,1-4H3/b10-8-,11-5+. The molecule has 0 unspecified atom stereocenters. The van der Waals surface area contributed by atoms with Crippen molar-refractivity contribution in [3.63, 3.8) is 0 Å². The zero-order valence-corrected chi connectivity index (χ0v) is 9.37. The van der Waals surface area contributed by atoms with Crippen LogP contribution in [-0.2, 0) is 4.74 Å². The van der Waals surface area contributed by atoms with E-state index in [2.05, 4.69) is 6.07 Å². The maximum absolute atomic E-state index is 8.48. The maximum Gasteiger partial charge on any atom is 0.141 e. The fraction of sp³-hybridized carbons (Fsp3) is 0.545. The largest absolute Gasteiger partial charge is 0.479 e. The SMILES string of the molecule is C/C=C(\C=C(\C)CC#N)OCN(C)C. The van der Waals surface area contributed by atoms with E-state index >= 15 is 0 Å². The highest BCUT2D eigenvalue weighted by atomic mass is 16.5. The Bertz CT molecular complexity index is 259. The maximum atomic E-state index is 8.48. The molecule has 0 rings (SSSR count). The summed E-state index contributed by atoms with van der Waals surface area (Å²) in [4.78, 5) is 1.94. The van der Waals surface area contributed by atoms with Crippen LogP contribution in [-0.4, -0.2) is 25.7 Å². The molecule has 3 heteroatoms. The van der Waals surface area contributed by atoms with Gasteiger partial charge in [-0.15, -0.1) is 0 Å². The second kappa shape index (κ2) is 7.16. The lowest BCUT2D eigenvalue weighted by Crippen LogP contribution is -2.15. The molecule has 14 heavy (non-hydrogen) atoms. The van der Waals surface area contributed by atoms with Gasteiger partial charge in [-0.2, -0.15) is 5.26 Å². The van der Waals surface area contributed by atoms with Crippen LogP contribution in [0.2, 0.25) is 0 Å². The molecule has 0 bridgehead atoms. The first-order chi connectivity index (χ1) is 6.60. The predicted molar refractivity (Wildman–Crippen MR) is 57.4 cm³/mol. The minimum atomic E-state index is 0.447. The van der Waals surface area contributed by atoms with Crippen molar-refractivity contribution < 1.29 is 4.74 Å². The van der Waals surface area contributed by atoms with E-state index in [0.717, 1.165) is 11.3 Å². The van der Waals surface area contributed by atoms with E-state index in [-0.39, 0.29) is 0 Å². The van der Waals surface area contributed by atoms with Crippen LogP contribution in [0, 0.1) is 11.3 Å². The van der Waals surface area contributed by atoms with E-state index < -0.39 is 0 Å². The average Bonchev–Trinajstić information content (AvgIpc) is 2.12. The summed E-state index contributed by atoms with van der Waals surface area (Å²) in [6.07, 6.45) is 4.24. The number of hydrogen-bond acceptors (Lipinski definition) is 3. The Morgan fingerprint density at radius 3 is 2.57 bits per heavy atom. The van der Waals surface area contributed by atoms with Crippen LogP contribution in [0.15, 0.2) is 23.5 Å². The molecule has 0 aromatic rings. The van der Waals surface area contributed by atoms with E-state index in [9.17, 15) is 0 Å². The van der Waals surface area contributed by atoms with Crippen molar-refractivity contribution in [1.82, 2.24) is 4.90 Å². The Morgan fingerprint density at radius 1 is 1.50 bits per heavy atom. The van der Waals surface area contributed by atoms with Gasteiger partial charge in [0.05, 0.1) is 12.5 Å². The first-order valence-electron chi connectivity index (χ1n) is 4.58. The summed E-state index contributed by atoms with van der Waals surface area (Å²) in [5, 5.41) is 8.48.